The largest absolute Gasteiger partial charge is 0.418 e. The molecule has 0 aliphatic heterocycles. The predicted octanol–water partition coefficient (Wildman–Crippen LogP) is 3.27. The average molecular weight is 263 g/mol. The summed E-state index contributed by atoms with van der Waals surface area (Å²) in [4.78, 5) is 15.8. The van der Waals surface area contributed by atoms with Crippen LogP contribution in [0.5, 0.6) is 5.75 Å². The van der Waals surface area contributed by atoms with Gasteiger partial charge in [-0.25, -0.2) is 9.78 Å². The van der Waals surface area contributed by atoms with E-state index in [0.717, 1.165) is 17.4 Å². The molecule has 2 aromatic rings. The second-order valence-electron chi connectivity index (χ2n) is 3.94. The summed E-state index contributed by atoms with van der Waals surface area (Å²) in [6.07, 6.45) is -0.562. The Balaban J connectivity index is 1.95. The van der Waals surface area contributed by atoms with Gasteiger partial charge in [-0.2, -0.15) is 4.37 Å². The molecule has 0 radical (unpaired) electrons. The average Bonchev–Trinajstić information content (AvgIpc) is 2.78. The van der Waals surface area contributed by atoms with Gasteiger partial charge in [-0.1, -0.05) is 32.0 Å². The van der Waals surface area contributed by atoms with Gasteiger partial charge in [-0.15, -0.1) is 0 Å². The Labute approximate surface area is 109 Å². The Morgan fingerprint density at radius 3 is 2.67 bits per heavy atom. The first-order valence-electron chi connectivity index (χ1n) is 5.52. The lowest BCUT2D eigenvalue weighted by atomic mass is 10.2. The molecule has 6 heteroatoms. The molecule has 1 amide bonds. The fraction of sp³-hybridized carbons (Fsp3) is 0.250. The zero-order valence-corrected chi connectivity index (χ0v) is 10.9. The zero-order chi connectivity index (χ0) is 13.0. The summed E-state index contributed by atoms with van der Waals surface area (Å²) >= 11 is 1.14. The van der Waals surface area contributed by atoms with Crippen LogP contribution in [-0.2, 0) is 0 Å². The number of hydrogen-bond acceptors (Lipinski definition) is 5. The molecule has 0 aliphatic carbocycles. The molecule has 0 aliphatic rings. The van der Waals surface area contributed by atoms with Crippen molar-refractivity contribution in [1.82, 2.24) is 9.36 Å². The maximum Gasteiger partial charge on any atom is 0.418 e. The molecular formula is C12H13N3O2S. The molecule has 5 nitrogen and oxygen atoms in total. The number of rotatable bonds is 3. The molecule has 1 aromatic carbocycles. The maximum absolute atomic E-state index is 11.6. The van der Waals surface area contributed by atoms with Crippen molar-refractivity contribution >= 4 is 22.8 Å². The van der Waals surface area contributed by atoms with E-state index in [0.29, 0.717) is 10.9 Å². The molecule has 0 bridgehead atoms. The number of nitrogens with one attached hydrogen (secondary N) is 1. The summed E-state index contributed by atoms with van der Waals surface area (Å²) in [5.74, 6) is 1.44. The minimum Gasteiger partial charge on any atom is -0.410 e. The van der Waals surface area contributed by atoms with Gasteiger partial charge >= 0.3 is 6.09 Å². The minimum absolute atomic E-state index is 0.238. The first-order chi connectivity index (χ1) is 8.65. The third-order valence-corrected chi connectivity index (χ3v) is 2.77. The lowest BCUT2D eigenvalue weighted by Gasteiger charge is -2.03. The van der Waals surface area contributed by atoms with Gasteiger partial charge in [0.1, 0.15) is 11.6 Å². The monoisotopic (exact) mass is 263 g/mol. The SMILES string of the molecule is CC(C)c1nsc(NC(=O)Oc2ccccc2)n1. The van der Waals surface area contributed by atoms with Crippen molar-refractivity contribution in [1.29, 1.82) is 0 Å². The van der Waals surface area contributed by atoms with E-state index in [-0.39, 0.29) is 5.92 Å². The van der Waals surface area contributed by atoms with E-state index in [2.05, 4.69) is 14.7 Å². The van der Waals surface area contributed by atoms with Gasteiger partial charge in [0, 0.05) is 17.5 Å². The number of benzene rings is 1. The first-order valence-corrected chi connectivity index (χ1v) is 6.30. The molecule has 2 rings (SSSR count). The Kier molecular flexibility index (Phi) is 3.88. The Morgan fingerprint density at radius 1 is 1.33 bits per heavy atom. The van der Waals surface area contributed by atoms with Gasteiger partial charge in [0.05, 0.1) is 0 Å². The highest BCUT2D eigenvalue weighted by molar-refractivity contribution is 7.09. The van der Waals surface area contributed by atoms with E-state index in [1.54, 1.807) is 24.3 Å². The van der Waals surface area contributed by atoms with Crippen LogP contribution >= 0.6 is 11.5 Å². The van der Waals surface area contributed by atoms with E-state index in [1.807, 2.05) is 19.9 Å². The number of carbonyl (C=O) groups excluding carboxylic acids is 1. The molecule has 0 saturated heterocycles. The summed E-state index contributed by atoms with van der Waals surface area (Å²) in [6.45, 7) is 3.99. The number of nitrogens with zero attached hydrogens (tertiary/aromatic N) is 2. The van der Waals surface area contributed by atoms with Crippen LogP contribution in [0, 0.1) is 0 Å². The Morgan fingerprint density at radius 2 is 2.06 bits per heavy atom. The summed E-state index contributed by atoms with van der Waals surface area (Å²) in [7, 11) is 0. The highest BCUT2D eigenvalue weighted by atomic mass is 32.1. The van der Waals surface area contributed by atoms with Crippen molar-refractivity contribution in [2.75, 3.05) is 5.32 Å². The second-order valence-corrected chi connectivity index (χ2v) is 4.69. The van der Waals surface area contributed by atoms with Gasteiger partial charge in [-0.3, -0.25) is 5.32 Å². The van der Waals surface area contributed by atoms with Crippen LogP contribution in [-0.4, -0.2) is 15.5 Å². The van der Waals surface area contributed by atoms with E-state index < -0.39 is 6.09 Å². The van der Waals surface area contributed by atoms with Gasteiger partial charge in [0.25, 0.3) is 0 Å². The highest BCUT2D eigenvalue weighted by Gasteiger charge is 2.11. The van der Waals surface area contributed by atoms with Crippen LogP contribution in [0.3, 0.4) is 0 Å². The van der Waals surface area contributed by atoms with Crippen LogP contribution in [0.2, 0.25) is 0 Å². The van der Waals surface area contributed by atoms with E-state index in [9.17, 15) is 4.79 Å². The molecule has 0 fully saturated rings. The molecule has 0 spiro atoms. The zero-order valence-electron chi connectivity index (χ0n) is 10.1. The lowest BCUT2D eigenvalue weighted by molar-refractivity contribution is 0.215. The number of aromatic nitrogens is 2. The summed E-state index contributed by atoms with van der Waals surface area (Å²) in [5, 5.41) is 2.99. The number of hydrogen-bond donors (Lipinski definition) is 1. The van der Waals surface area contributed by atoms with Gasteiger partial charge < -0.3 is 4.74 Å². The number of amides is 1. The standard InChI is InChI=1S/C12H13N3O2S/c1-8(2)10-13-11(18-15-10)14-12(16)17-9-6-4-3-5-7-9/h3-8H,1-2H3,(H,13,14,15,16). The molecule has 0 saturated carbocycles. The first kappa shape index (κ1) is 12.5. The predicted molar refractivity (Wildman–Crippen MR) is 70.1 cm³/mol. The van der Waals surface area contributed by atoms with Crippen LogP contribution in [0.15, 0.2) is 30.3 Å². The smallest absolute Gasteiger partial charge is 0.410 e. The van der Waals surface area contributed by atoms with Crippen LogP contribution in [0.25, 0.3) is 0 Å². The van der Waals surface area contributed by atoms with Crippen molar-refractivity contribution in [3.8, 4) is 5.75 Å². The normalized spacial score (nSPS) is 10.4. The number of carbonyl (C=O) groups is 1. The summed E-state index contributed by atoms with van der Waals surface area (Å²) < 4.78 is 9.21. The van der Waals surface area contributed by atoms with Crippen molar-refractivity contribution < 1.29 is 9.53 Å². The fourth-order valence-corrected chi connectivity index (χ4v) is 1.92. The summed E-state index contributed by atoms with van der Waals surface area (Å²) in [5.41, 5.74) is 0. The number of para-hydroxylation sites is 1. The van der Waals surface area contributed by atoms with Crippen molar-refractivity contribution in [3.05, 3.63) is 36.2 Å². The molecule has 1 heterocycles. The molecule has 1 N–H and O–H groups in total. The van der Waals surface area contributed by atoms with Crippen molar-refractivity contribution in [2.24, 2.45) is 0 Å². The van der Waals surface area contributed by atoms with E-state index in [1.165, 1.54) is 0 Å². The fourth-order valence-electron chi connectivity index (χ4n) is 1.23. The van der Waals surface area contributed by atoms with Gasteiger partial charge in [-0.05, 0) is 12.1 Å². The lowest BCUT2D eigenvalue weighted by Crippen LogP contribution is -2.16. The molecular weight excluding hydrogens is 250 g/mol. The molecule has 94 valence electrons. The Hall–Kier alpha value is -1.95. The minimum atomic E-state index is -0.562. The molecule has 0 atom stereocenters. The van der Waals surface area contributed by atoms with Crippen LogP contribution in [0.1, 0.15) is 25.6 Å². The van der Waals surface area contributed by atoms with E-state index >= 15 is 0 Å². The van der Waals surface area contributed by atoms with E-state index in [4.69, 9.17) is 4.74 Å². The number of ether oxygens (including phenoxy) is 1. The molecule has 0 unspecified atom stereocenters. The maximum atomic E-state index is 11.6. The molecule has 1 aromatic heterocycles. The van der Waals surface area contributed by atoms with Gasteiger partial charge in [0.2, 0.25) is 5.13 Å². The third-order valence-electron chi connectivity index (χ3n) is 2.12. The Bertz CT molecular complexity index is 525. The second kappa shape index (κ2) is 5.59. The van der Waals surface area contributed by atoms with Crippen molar-refractivity contribution in [2.45, 2.75) is 19.8 Å². The third kappa shape index (κ3) is 3.27. The van der Waals surface area contributed by atoms with Crippen LogP contribution in [0.4, 0.5) is 9.93 Å². The van der Waals surface area contributed by atoms with Gasteiger partial charge in [0.15, 0.2) is 0 Å². The quantitative estimate of drug-likeness (QED) is 0.923. The molecule has 18 heavy (non-hydrogen) atoms. The highest BCUT2D eigenvalue weighted by Crippen LogP contribution is 2.18. The topological polar surface area (TPSA) is 64.1 Å². The number of anilines is 1. The van der Waals surface area contributed by atoms with Crippen LogP contribution < -0.4 is 10.1 Å². The summed E-state index contributed by atoms with van der Waals surface area (Å²) in [6, 6.07) is 8.86. The van der Waals surface area contributed by atoms with Crippen molar-refractivity contribution in [3.63, 3.8) is 0 Å².